The normalized spacial score (nSPS) is 12.3. The molecule has 1 atom stereocenters. The van der Waals surface area contributed by atoms with Crippen molar-refractivity contribution in [3.8, 4) is 0 Å². The standard InChI is InChI=1S/C53H100O5/c1-3-5-7-9-11-13-15-17-19-21-23-25-26-28-30-32-34-36-38-40-42-44-46-48-53(56)58-51(49-54)50-57-52(55)47-45-43-41-39-37-35-33-31-29-27-24-22-20-18-16-14-12-10-8-6-4-2/h15,17,21,23,51,54H,3-14,16,18-20,22,24-50H2,1-2H3/b17-15-,23-21-. The van der Waals surface area contributed by atoms with E-state index in [0.717, 1.165) is 38.5 Å². The van der Waals surface area contributed by atoms with Gasteiger partial charge in [0.05, 0.1) is 6.61 Å². The highest BCUT2D eigenvalue weighted by molar-refractivity contribution is 5.70. The van der Waals surface area contributed by atoms with Gasteiger partial charge < -0.3 is 14.6 Å². The molecule has 0 aliphatic carbocycles. The average Bonchev–Trinajstić information content (AvgIpc) is 3.23. The first-order chi connectivity index (χ1) is 28.6. The van der Waals surface area contributed by atoms with E-state index < -0.39 is 6.10 Å². The first-order valence-electron chi connectivity index (χ1n) is 25.9. The van der Waals surface area contributed by atoms with Crippen molar-refractivity contribution in [2.75, 3.05) is 13.2 Å². The number of ether oxygens (including phenoxy) is 2. The third kappa shape index (κ3) is 47.1. The van der Waals surface area contributed by atoms with Gasteiger partial charge in [-0.05, 0) is 44.9 Å². The number of allylic oxidation sites excluding steroid dienone is 4. The zero-order chi connectivity index (χ0) is 42.1. The largest absolute Gasteiger partial charge is 0.462 e. The van der Waals surface area contributed by atoms with Crippen LogP contribution in [0.1, 0.15) is 284 Å². The van der Waals surface area contributed by atoms with Crippen molar-refractivity contribution in [3.63, 3.8) is 0 Å². The minimum Gasteiger partial charge on any atom is -0.462 e. The topological polar surface area (TPSA) is 72.8 Å². The smallest absolute Gasteiger partial charge is 0.306 e. The molecule has 0 aromatic carbocycles. The Labute approximate surface area is 362 Å². The second-order valence-electron chi connectivity index (χ2n) is 17.6. The monoisotopic (exact) mass is 817 g/mol. The summed E-state index contributed by atoms with van der Waals surface area (Å²) in [5.41, 5.74) is 0. The van der Waals surface area contributed by atoms with Gasteiger partial charge in [0.2, 0.25) is 0 Å². The molecule has 5 nitrogen and oxygen atoms in total. The van der Waals surface area contributed by atoms with Gasteiger partial charge in [-0.1, -0.05) is 250 Å². The minimum absolute atomic E-state index is 0.0609. The van der Waals surface area contributed by atoms with Crippen molar-refractivity contribution in [2.24, 2.45) is 0 Å². The molecule has 0 radical (unpaired) electrons. The van der Waals surface area contributed by atoms with Crippen molar-refractivity contribution in [1.29, 1.82) is 0 Å². The van der Waals surface area contributed by atoms with Gasteiger partial charge in [-0.2, -0.15) is 0 Å². The molecule has 1 N–H and O–H groups in total. The van der Waals surface area contributed by atoms with Crippen LogP contribution in [0, 0.1) is 0 Å². The van der Waals surface area contributed by atoms with Crippen LogP contribution in [-0.2, 0) is 19.1 Å². The van der Waals surface area contributed by atoms with Gasteiger partial charge in [-0.25, -0.2) is 0 Å². The van der Waals surface area contributed by atoms with Crippen molar-refractivity contribution in [3.05, 3.63) is 24.3 Å². The summed E-state index contributed by atoms with van der Waals surface area (Å²) in [6.07, 6.45) is 61.3. The Morgan fingerprint density at radius 1 is 0.397 bits per heavy atom. The molecule has 0 aliphatic heterocycles. The van der Waals surface area contributed by atoms with Gasteiger partial charge in [0, 0.05) is 12.8 Å². The molecular weight excluding hydrogens is 717 g/mol. The summed E-state index contributed by atoms with van der Waals surface area (Å²) < 4.78 is 10.7. The molecule has 0 bridgehead atoms. The fraction of sp³-hybridized carbons (Fsp3) is 0.887. The Morgan fingerprint density at radius 2 is 0.690 bits per heavy atom. The second kappa shape index (κ2) is 49.7. The van der Waals surface area contributed by atoms with Crippen LogP contribution >= 0.6 is 0 Å². The number of carbonyl (C=O) groups is 2. The zero-order valence-corrected chi connectivity index (χ0v) is 39.1. The van der Waals surface area contributed by atoms with Gasteiger partial charge in [-0.3, -0.25) is 9.59 Å². The van der Waals surface area contributed by atoms with Crippen LogP contribution in [0.25, 0.3) is 0 Å². The lowest BCUT2D eigenvalue weighted by atomic mass is 10.0. The minimum atomic E-state index is -0.769. The quantitative estimate of drug-likeness (QED) is 0.0376. The molecule has 342 valence electrons. The molecule has 58 heavy (non-hydrogen) atoms. The van der Waals surface area contributed by atoms with E-state index in [0.29, 0.717) is 12.8 Å². The second-order valence-corrected chi connectivity index (χ2v) is 17.6. The van der Waals surface area contributed by atoms with E-state index in [2.05, 4.69) is 38.2 Å². The average molecular weight is 817 g/mol. The lowest BCUT2D eigenvalue weighted by Crippen LogP contribution is -2.28. The van der Waals surface area contributed by atoms with E-state index in [9.17, 15) is 14.7 Å². The lowest BCUT2D eigenvalue weighted by Gasteiger charge is -2.15. The van der Waals surface area contributed by atoms with Crippen LogP contribution in [0.15, 0.2) is 24.3 Å². The Morgan fingerprint density at radius 3 is 1.02 bits per heavy atom. The Hall–Kier alpha value is -1.62. The SMILES string of the molecule is CCCCCCC/C=C\C/C=C\CCCCCCCCCCCCCC(=O)OC(CO)COC(=O)CCCCCCCCCCCCCCCCCCCCCCC. The van der Waals surface area contributed by atoms with E-state index in [-0.39, 0.29) is 25.2 Å². The Balaban J connectivity index is 3.46. The van der Waals surface area contributed by atoms with E-state index in [4.69, 9.17) is 9.47 Å². The maximum atomic E-state index is 12.3. The van der Waals surface area contributed by atoms with Crippen LogP contribution in [0.2, 0.25) is 0 Å². The number of carbonyl (C=O) groups excluding carboxylic acids is 2. The van der Waals surface area contributed by atoms with Crippen molar-refractivity contribution in [2.45, 2.75) is 290 Å². The van der Waals surface area contributed by atoms with E-state index in [1.165, 1.54) is 218 Å². The van der Waals surface area contributed by atoms with Crippen molar-refractivity contribution >= 4 is 11.9 Å². The summed E-state index contributed by atoms with van der Waals surface area (Å²) in [5.74, 6) is -0.576. The van der Waals surface area contributed by atoms with Crippen LogP contribution in [0.4, 0.5) is 0 Å². The third-order valence-corrected chi connectivity index (χ3v) is 11.7. The van der Waals surface area contributed by atoms with Gasteiger partial charge in [-0.15, -0.1) is 0 Å². The predicted octanol–water partition coefficient (Wildman–Crippen LogP) is 17.0. The molecule has 0 rings (SSSR count). The highest BCUT2D eigenvalue weighted by atomic mass is 16.6. The molecule has 0 amide bonds. The first kappa shape index (κ1) is 56.4. The third-order valence-electron chi connectivity index (χ3n) is 11.7. The summed E-state index contributed by atoms with van der Waals surface area (Å²) in [4.78, 5) is 24.5. The summed E-state index contributed by atoms with van der Waals surface area (Å²) in [6, 6.07) is 0. The Bertz CT molecular complexity index is 882. The van der Waals surface area contributed by atoms with Gasteiger partial charge >= 0.3 is 11.9 Å². The molecule has 1 unspecified atom stereocenters. The fourth-order valence-electron chi connectivity index (χ4n) is 7.82. The maximum Gasteiger partial charge on any atom is 0.306 e. The van der Waals surface area contributed by atoms with Gasteiger partial charge in [0.15, 0.2) is 6.10 Å². The molecule has 0 heterocycles. The van der Waals surface area contributed by atoms with E-state index in [1.54, 1.807) is 0 Å². The number of esters is 2. The lowest BCUT2D eigenvalue weighted by molar-refractivity contribution is -0.161. The molecule has 0 aromatic heterocycles. The zero-order valence-electron chi connectivity index (χ0n) is 39.1. The van der Waals surface area contributed by atoms with Crippen LogP contribution in [0.5, 0.6) is 0 Å². The molecule has 0 aliphatic rings. The number of hydrogen-bond acceptors (Lipinski definition) is 5. The molecule has 0 saturated carbocycles. The first-order valence-corrected chi connectivity index (χ1v) is 25.9. The highest BCUT2D eigenvalue weighted by Crippen LogP contribution is 2.17. The summed E-state index contributed by atoms with van der Waals surface area (Å²) in [5, 5.41) is 9.63. The van der Waals surface area contributed by atoms with Crippen LogP contribution in [-0.4, -0.2) is 36.4 Å². The van der Waals surface area contributed by atoms with Gasteiger partial charge in [0.25, 0.3) is 0 Å². The molecule has 0 aromatic rings. The molecular formula is C53H100O5. The summed E-state index contributed by atoms with van der Waals surface area (Å²) in [6.45, 7) is 4.17. The summed E-state index contributed by atoms with van der Waals surface area (Å²) in [7, 11) is 0. The number of aliphatic hydroxyl groups excluding tert-OH is 1. The highest BCUT2D eigenvalue weighted by Gasteiger charge is 2.16. The van der Waals surface area contributed by atoms with Crippen LogP contribution in [0.3, 0.4) is 0 Å². The molecule has 5 heteroatoms. The molecule has 0 fully saturated rings. The number of unbranched alkanes of at least 4 members (excludes halogenated alkanes) is 36. The van der Waals surface area contributed by atoms with Crippen molar-refractivity contribution in [1.82, 2.24) is 0 Å². The van der Waals surface area contributed by atoms with E-state index >= 15 is 0 Å². The van der Waals surface area contributed by atoms with Gasteiger partial charge in [0.1, 0.15) is 6.61 Å². The van der Waals surface area contributed by atoms with Crippen molar-refractivity contribution < 1.29 is 24.2 Å². The number of aliphatic hydroxyl groups is 1. The fourth-order valence-corrected chi connectivity index (χ4v) is 7.82. The number of hydrogen-bond donors (Lipinski definition) is 1. The maximum absolute atomic E-state index is 12.3. The van der Waals surface area contributed by atoms with E-state index in [1.807, 2.05) is 0 Å². The summed E-state index contributed by atoms with van der Waals surface area (Å²) >= 11 is 0. The number of rotatable bonds is 48. The molecule has 0 saturated heterocycles. The van der Waals surface area contributed by atoms with Crippen LogP contribution < -0.4 is 0 Å². The Kier molecular flexibility index (Phi) is 48.4. The molecule has 0 spiro atoms. The predicted molar refractivity (Wildman–Crippen MR) is 251 cm³/mol.